The molecule has 0 aromatic heterocycles. The van der Waals surface area contributed by atoms with Crippen molar-refractivity contribution in [3.8, 4) is 0 Å². The van der Waals surface area contributed by atoms with Crippen LogP contribution < -0.4 is 5.32 Å². The molecule has 112 valence electrons. The van der Waals surface area contributed by atoms with E-state index in [2.05, 4.69) is 19.2 Å². The molecule has 0 saturated carbocycles. The van der Waals surface area contributed by atoms with Gasteiger partial charge < -0.3 is 10.2 Å². The summed E-state index contributed by atoms with van der Waals surface area (Å²) in [6.45, 7) is 4.13. The maximum atomic E-state index is 12.6. The minimum absolute atomic E-state index is 0.0672. The average Bonchev–Trinajstić information content (AvgIpc) is 2.97. The lowest BCUT2D eigenvalue weighted by Crippen LogP contribution is -2.48. The van der Waals surface area contributed by atoms with Crippen LogP contribution in [-0.4, -0.2) is 33.4 Å². The summed E-state index contributed by atoms with van der Waals surface area (Å²) in [7, 11) is 0. The van der Waals surface area contributed by atoms with E-state index < -0.39 is 0 Å². The summed E-state index contributed by atoms with van der Waals surface area (Å²) in [6.07, 6.45) is 2.26. The summed E-state index contributed by atoms with van der Waals surface area (Å²) in [4.78, 5) is 26.3. The van der Waals surface area contributed by atoms with Crippen LogP contribution in [0.2, 0.25) is 0 Å². The van der Waals surface area contributed by atoms with Crippen LogP contribution in [0, 0.1) is 0 Å². The predicted molar refractivity (Wildman–Crippen MR) is 85.2 cm³/mol. The minimum atomic E-state index is -0.347. The van der Waals surface area contributed by atoms with Crippen molar-refractivity contribution in [3.05, 3.63) is 29.8 Å². The van der Waals surface area contributed by atoms with Gasteiger partial charge in [0.05, 0.1) is 4.87 Å². The van der Waals surface area contributed by atoms with Gasteiger partial charge in [-0.25, -0.2) is 0 Å². The van der Waals surface area contributed by atoms with Gasteiger partial charge in [-0.15, -0.1) is 11.8 Å². The van der Waals surface area contributed by atoms with Gasteiger partial charge >= 0.3 is 0 Å². The minimum Gasteiger partial charge on any atom is -0.324 e. The van der Waals surface area contributed by atoms with E-state index in [0.717, 1.165) is 24.1 Å². The second-order valence-corrected chi connectivity index (χ2v) is 7.27. The molecule has 1 aromatic carbocycles. The first-order valence-corrected chi connectivity index (χ1v) is 8.38. The van der Waals surface area contributed by atoms with Crippen LogP contribution in [0.4, 0.5) is 5.69 Å². The highest BCUT2D eigenvalue weighted by molar-refractivity contribution is 8.01. The lowest BCUT2D eigenvalue weighted by molar-refractivity contribution is -0.135. The Kier molecular flexibility index (Phi) is 3.69. The molecule has 2 heterocycles. The summed E-state index contributed by atoms with van der Waals surface area (Å²) in [5.74, 6) is 0.719. The van der Waals surface area contributed by atoms with Gasteiger partial charge in [0.15, 0.2) is 0 Å². The van der Waals surface area contributed by atoms with E-state index in [1.165, 1.54) is 0 Å². The molecule has 1 aromatic rings. The topological polar surface area (TPSA) is 49.4 Å². The van der Waals surface area contributed by atoms with Gasteiger partial charge in [-0.05, 0) is 31.4 Å². The first kappa shape index (κ1) is 14.4. The van der Waals surface area contributed by atoms with Gasteiger partial charge in [0, 0.05) is 17.9 Å². The Morgan fingerprint density at radius 1 is 1.48 bits per heavy atom. The van der Waals surface area contributed by atoms with Crippen molar-refractivity contribution in [2.45, 2.75) is 44.0 Å². The number of aryl methyl sites for hydroxylation is 1. The van der Waals surface area contributed by atoms with Crippen molar-refractivity contribution in [2.75, 3.05) is 11.1 Å². The molecule has 5 heteroatoms. The van der Waals surface area contributed by atoms with E-state index in [1.54, 1.807) is 16.7 Å². The van der Waals surface area contributed by atoms with E-state index in [1.807, 2.05) is 24.3 Å². The molecule has 2 atom stereocenters. The average molecular weight is 304 g/mol. The fourth-order valence-corrected chi connectivity index (χ4v) is 4.61. The van der Waals surface area contributed by atoms with Crippen LogP contribution in [0.5, 0.6) is 0 Å². The monoisotopic (exact) mass is 304 g/mol. The Morgan fingerprint density at radius 2 is 2.24 bits per heavy atom. The number of carbonyl (C=O) groups is 2. The standard InChI is InChI=1S/C16H20N2O2S/c1-3-11-6-4-5-7-12(11)17-15(20)13-10-21-16(2)9-8-14(19)18(13)16/h4-7,13H,3,8-10H2,1-2H3,(H,17,20)/t13-,16-/m1/s1. The van der Waals surface area contributed by atoms with Crippen LogP contribution in [0.1, 0.15) is 32.3 Å². The summed E-state index contributed by atoms with van der Waals surface area (Å²) in [5.41, 5.74) is 1.97. The number of nitrogens with one attached hydrogen (secondary N) is 1. The van der Waals surface area contributed by atoms with Gasteiger partial charge in [0.1, 0.15) is 6.04 Å². The zero-order valence-electron chi connectivity index (χ0n) is 12.4. The SMILES string of the molecule is CCc1ccccc1NC(=O)[C@H]1CS[C@]2(C)CCC(=O)N12. The number of hydrogen-bond donors (Lipinski definition) is 1. The maximum absolute atomic E-state index is 12.6. The maximum Gasteiger partial charge on any atom is 0.248 e. The number of para-hydroxylation sites is 1. The Balaban J connectivity index is 1.79. The molecule has 21 heavy (non-hydrogen) atoms. The van der Waals surface area contributed by atoms with Crippen molar-refractivity contribution in [1.82, 2.24) is 4.90 Å². The van der Waals surface area contributed by atoms with Crippen LogP contribution >= 0.6 is 11.8 Å². The van der Waals surface area contributed by atoms with E-state index in [0.29, 0.717) is 12.2 Å². The lowest BCUT2D eigenvalue weighted by Gasteiger charge is -2.30. The van der Waals surface area contributed by atoms with Gasteiger partial charge in [-0.3, -0.25) is 9.59 Å². The van der Waals surface area contributed by atoms with Gasteiger partial charge in [0.25, 0.3) is 0 Å². The van der Waals surface area contributed by atoms with Crippen molar-refractivity contribution in [2.24, 2.45) is 0 Å². The quantitative estimate of drug-likeness (QED) is 0.934. The predicted octanol–water partition coefficient (Wildman–Crippen LogP) is 2.64. The van der Waals surface area contributed by atoms with Crippen LogP contribution in [0.25, 0.3) is 0 Å². The highest BCUT2D eigenvalue weighted by Gasteiger charge is 2.52. The smallest absolute Gasteiger partial charge is 0.248 e. The van der Waals surface area contributed by atoms with Gasteiger partial charge in [-0.2, -0.15) is 0 Å². The Labute approximate surface area is 129 Å². The molecule has 3 rings (SSSR count). The van der Waals surface area contributed by atoms with Crippen molar-refractivity contribution < 1.29 is 9.59 Å². The van der Waals surface area contributed by atoms with E-state index in [9.17, 15) is 9.59 Å². The van der Waals surface area contributed by atoms with Crippen molar-refractivity contribution >= 4 is 29.3 Å². The van der Waals surface area contributed by atoms with Crippen LogP contribution in [0.3, 0.4) is 0 Å². The first-order valence-electron chi connectivity index (χ1n) is 7.40. The molecule has 0 aliphatic carbocycles. The van der Waals surface area contributed by atoms with Gasteiger partial charge in [0.2, 0.25) is 11.8 Å². The molecule has 0 unspecified atom stereocenters. The zero-order chi connectivity index (χ0) is 15.0. The number of carbonyl (C=O) groups excluding carboxylic acids is 2. The zero-order valence-corrected chi connectivity index (χ0v) is 13.2. The molecular weight excluding hydrogens is 284 g/mol. The van der Waals surface area contributed by atoms with Gasteiger partial charge in [-0.1, -0.05) is 25.1 Å². The number of rotatable bonds is 3. The van der Waals surface area contributed by atoms with Crippen LogP contribution in [-0.2, 0) is 16.0 Å². The first-order chi connectivity index (χ1) is 10.0. The van der Waals surface area contributed by atoms with Crippen molar-refractivity contribution in [3.63, 3.8) is 0 Å². The summed E-state index contributed by atoms with van der Waals surface area (Å²) in [5, 5.41) is 3.01. The summed E-state index contributed by atoms with van der Waals surface area (Å²) in [6, 6.07) is 7.48. The number of anilines is 1. The molecule has 0 spiro atoms. The van der Waals surface area contributed by atoms with E-state index in [4.69, 9.17) is 0 Å². The normalized spacial score (nSPS) is 27.8. The molecule has 2 aliphatic rings. The second-order valence-electron chi connectivity index (χ2n) is 5.77. The number of thioether (sulfide) groups is 1. The molecular formula is C16H20N2O2S. The number of amides is 2. The highest BCUT2D eigenvalue weighted by Crippen LogP contribution is 2.47. The largest absolute Gasteiger partial charge is 0.324 e. The Morgan fingerprint density at radius 3 is 3.00 bits per heavy atom. The summed E-state index contributed by atoms with van der Waals surface area (Å²) >= 11 is 1.72. The Bertz CT molecular complexity index is 589. The molecule has 0 bridgehead atoms. The highest BCUT2D eigenvalue weighted by atomic mass is 32.2. The third-order valence-electron chi connectivity index (χ3n) is 4.40. The summed E-state index contributed by atoms with van der Waals surface area (Å²) < 4.78 is 0. The fraction of sp³-hybridized carbons (Fsp3) is 0.500. The van der Waals surface area contributed by atoms with Crippen molar-refractivity contribution in [1.29, 1.82) is 0 Å². The number of hydrogen-bond acceptors (Lipinski definition) is 3. The molecule has 4 nitrogen and oxygen atoms in total. The molecule has 0 radical (unpaired) electrons. The number of benzene rings is 1. The fourth-order valence-electron chi connectivity index (χ4n) is 3.18. The van der Waals surface area contributed by atoms with E-state index in [-0.39, 0.29) is 22.7 Å². The third kappa shape index (κ3) is 2.44. The van der Waals surface area contributed by atoms with E-state index >= 15 is 0 Å². The molecule has 2 aliphatic heterocycles. The lowest BCUT2D eigenvalue weighted by atomic mass is 10.1. The number of nitrogens with zero attached hydrogens (tertiary/aromatic N) is 1. The Hall–Kier alpha value is -1.49. The number of fused-ring (bicyclic) bond motifs is 1. The molecule has 1 N–H and O–H groups in total. The molecule has 2 saturated heterocycles. The third-order valence-corrected chi connectivity index (χ3v) is 5.91. The molecule has 2 fully saturated rings. The molecule has 2 amide bonds. The second kappa shape index (κ2) is 5.37. The van der Waals surface area contributed by atoms with Crippen LogP contribution in [0.15, 0.2) is 24.3 Å².